The van der Waals surface area contributed by atoms with Gasteiger partial charge in [0.15, 0.2) is 0 Å². The van der Waals surface area contributed by atoms with E-state index in [1.54, 1.807) is 0 Å². The van der Waals surface area contributed by atoms with E-state index >= 15 is 0 Å². The Morgan fingerprint density at radius 3 is 2.56 bits per heavy atom. The molecular formula is C19H29N3O2S. The van der Waals surface area contributed by atoms with Crippen molar-refractivity contribution in [2.75, 3.05) is 39.3 Å². The average molecular weight is 364 g/mol. The third-order valence-electron chi connectivity index (χ3n) is 5.34. The lowest BCUT2D eigenvalue weighted by Gasteiger charge is -2.34. The van der Waals surface area contributed by atoms with Crippen LogP contribution >= 0.6 is 11.3 Å². The summed E-state index contributed by atoms with van der Waals surface area (Å²) in [5.41, 5.74) is 0. The standard InChI is InChI=1S/C19H29N3O2S/c23-18(15-16-5-2-1-3-6-16)20-8-9-21-10-12-22(13-11-21)19(24)17-7-4-14-25-17/h4,7,14,16H,1-3,5-6,8-13,15H2,(H,20,23). The average Bonchev–Trinajstić information content (AvgIpc) is 3.17. The number of thiophene rings is 1. The van der Waals surface area contributed by atoms with E-state index in [1.807, 2.05) is 22.4 Å². The van der Waals surface area contributed by atoms with Crippen molar-refractivity contribution in [1.29, 1.82) is 0 Å². The summed E-state index contributed by atoms with van der Waals surface area (Å²) in [4.78, 5) is 29.5. The topological polar surface area (TPSA) is 52.7 Å². The SMILES string of the molecule is O=C(CC1CCCCC1)NCCN1CCN(C(=O)c2cccs2)CC1. The molecule has 1 saturated heterocycles. The van der Waals surface area contributed by atoms with Gasteiger partial charge in [0.1, 0.15) is 0 Å². The molecule has 1 saturated carbocycles. The fourth-order valence-corrected chi connectivity index (χ4v) is 4.50. The van der Waals surface area contributed by atoms with E-state index in [1.165, 1.54) is 43.4 Å². The predicted octanol–water partition coefficient (Wildman–Crippen LogP) is 2.59. The molecule has 5 nitrogen and oxygen atoms in total. The molecule has 0 atom stereocenters. The van der Waals surface area contributed by atoms with Gasteiger partial charge in [0.05, 0.1) is 4.88 Å². The van der Waals surface area contributed by atoms with Crippen LogP contribution in [-0.4, -0.2) is 60.9 Å². The van der Waals surface area contributed by atoms with Crippen LogP contribution in [0.5, 0.6) is 0 Å². The van der Waals surface area contributed by atoms with Gasteiger partial charge in [-0.3, -0.25) is 14.5 Å². The van der Waals surface area contributed by atoms with Crippen molar-refractivity contribution < 1.29 is 9.59 Å². The molecule has 2 aliphatic rings. The van der Waals surface area contributed by atoms with E-state index in [2.05, 4.69) is 10.2 Å². The van der Waals surface area contributed by atoms with Crippen molar-refractivity contribution in [3.05, 3.63) is 22.4 Å². The van der Waals surface area contributed by atoms with E-state index in [4.69, 9.17) is 0 Å². The number of hydrogen-bond acceptors (Lipinski definition) is 4. The van der Waals surface area contributed by atoms with Crippen LogP contribution in [0, 0.1) is 5.92 Å². The van der Waals surface area contributed by atoms with Gasteiger partial charge in [-0.15, -0.1) is 11.3 Å². The first-order valence-corrected chi connectivity index (χ1v) is 10.4. The van der Waals surface area contributed by atoms with Gasteiger partial charge in [-0.05, 0) is 30.2 Å². The van der Waals surface area contributed by atoms with Gasteiger partial charge in [0.25, 0.3) is 5.91 Å². The van der Waals surface area contributed by atoms with Gasteiger partial charge in [-0.2, -0.15) is 0 Å². The molecule has 1 aromatic rings. The molecule has 2 heterocycles. The lowest BCUT2D eigenvalue weighted by atomic mass is 9.87. The Kier molecular flexibility index (Phi) is 6.87. The smallest absolute Gasteiger partial charge is 0.264 e. The van der Waals surface area contributed by atoms with Crippen LogP contribution < -0.4 is 5.32 Å². The second-order valence-electron chi connectivity index (χ2n) is 7.17. The number of piperazine rings is 1. The minimum Gasteiger partial charge on any atom is -0.355 e. The van der Waals surface area contributed by atoms with Crippen molar-refractivity contribution in [3.8, 4) is 0 Å². The molecule has 1 aromatic heterocycles. The largest absolute Gasteiger partial charge is 0.355 e. The number of rotatable bonds is 6. The summed E-state index contributed by atoms with van der Waals surface area (Å²) in [5, 5.41) is 5.02. The Hall–Kier alpha value is -1.40. The van der Waals surface area contributed by atoms with Crippen LogP contribution in [0.3, 0.4) is 0 Å². The molecule has 2 fully saturated rings. The number of amides is 2. The number of hydrogen-bond donors (Lipinski definition) is 1. The third kappa shape index (κ3) is 5.54. The van der Waals surface area contributed by atoms with Gasteiger partial charge in [0, 0.05) is 45.7 Å². The van der Waals surface area contributed by atoms with Crippen LogP contribution in [0.4, 0.5) is 0 Å². The first kappa shape index (κ1) is 18.4. The van der Waals surface area contributed by atoms with Crippen molar-refractivity contribution in [2.24, 2.45) is 5.92 Å². The Balaban J connectivity index is 1.30. The summed E-state index contributed by atoms with van der Waals surface area (Å²) in [7, 11) is 0. The van der Waals surface area contributed by atoms with Gasteiger partial charge < -0.3 is 10.2 Å². The zero-order chi connectivity index (χ0) is 17.5. The van der Waals surface area contributed by atoms with Crippen LogP contribution in [0.25, 0.3) is 0 Å². The maximum absolute atomic E-state index is 12.3. The molecule has 0 unspecified atom stereocenters. The molecule has 25 heavy (non-hydrogen) atoms. The molecule has 2 amide bonds. The normalized spacial score (nSPS) is 19.8. The molecule has 0 radical (unpaired) electrons. The van der Waals surface area contributed by atoms with E-state index in [0.29, 0.717) is 18.9 Å². The first-order valence-electron chi connectivity index (χ1n) is 9.54. The van der Waals surface area contributed by atoms with Crippen molar-refractivity contribution in [1.82, 2.24) is 15.1 Å². The van der Waals surface area contributed by atoms with Crippen LogP contribution in [-0.2, 0) is 4.79 Å². The summed E-state index contributed by atoms with van der Waals surface area (Å²) in [6.07, 6.45) is 7.03. The summed E-state index contributed by atoms with van der Waals surface area (Å²) in [6.45, 7) is 4.90. The Labute approximate surface area is 154 Å². The van der Waals surface area contributed by atoms with Crippen molar-refractivity contribution >= 4 is 23.2 Å². The summed E-state index contributed by atoms with van der Waals surface area (Å²) in [5.74, 6) is 0.953. The lowest BCUT2D eigenvalue weighted by molar-refractivity contribution is -0.122. The molecule has 0 spiro atoms. The monoisotopic (exact) mass is 363 g/mol. The Morgan fingerprint density at radius 1 is 1.12 bits per heavy atom. The van der Waals surface area contributed by atoms with Crippen LogP contribution in [0.15, 0.2) is 17.5 Å². The molecule has 1 aliphatic heterocycles. The number of carbonyl (C=O) groups excluding carboxylic acids is 2. The van der Waals surface area contributed by atoms with Crippen LogP contribution in [0.2, 0.25) is 0 Å². The zero-order valence-electron chi connectivity index (χ0n) is 14.9. The zero-order valence-corrected chi connectivity index (χ0v) is 15.7. The molecule has 0 bridgehead atoms. The molecule has 6 heteroatoms. The molecule has 1 N–H and O–H groups in total. The molecule has 3 rings (SSSR count). The maximum Gasteiger partial charge on any atom is 0.264 e. The summed E-state index contributed by atoms with van der Waals surface area (Å²) < 4.78 is 0. The quantitative estimate of drug-likeness (QED) is 0.845. The number of nitrogens with zero attached hydrogens (tertiary/aromatic N) is 2. The van der Waals surface area contributed by atoms with E-state index in [9.17, 15) is 9.59 Å². The summed E-state index contributed by atoms with van der Waals surface area (Å²) >= 11 is 1.50. The van der Waals surface area contributed by atoms with E-state index in [0.717, 1.165) is 37.6 Å². The Morgan fingerprint density at radius 2 is 1.88 bits per heavy atom. The van der Waals surface area contributed by atoms with Crippen molar-refractivity contribution in [2.45, 2.75) is 38.5 Å². The van der Waals surface area contributed by atoms with E-state index < -0.39 is 0 Å². The maximum atomic E-state index is 12.3. The van der Waals surface area contributed by atoms with E-state index in [-0.39, 0.29) is 11.8 Å². The minimum absolute atomic E-state index is 0.149. The van der Waals surface area contributed by atoms with Gasteiger partial charge in [0.2, 0.25) is 5.91 Å². The van der Waals surface area contributed by atoms with Crippen LogP contribution in [0.1, 0.15) is 48.2 Å². The summed E-state index contributed by atoms with van der Waals surface area (Å²) in [6, 6.07) is 3.81. The second-order valence-corrected chi connectivity index (χ2v) is 8.12. The number of carbonyl (C=O) groups is 2. The highest BCUT2D eigenvalue weighted by Crippen LogP contribution is 2.26. The molecular weight excluding hydrogens is 334 g/mol. The third-order valence-corrected chi connectivity index (χ3v) is 6.20. The fraction of sp³-hybridized carbons (Fsp3) is 0.684. The van der Waals surface area contributed by atoms with Gasteiger partial charge in [-0.1, -0.05) is 25.3 Å². The van der Waals surface area contributed by atoms with Gasteiger partial charge >= 0.3 is 0 Å². The number of nitrogens with one attached hydrogen (secondary N) is 1. The van der Waals surface area contributed by atoms with Gasteiger partial charge in [-0.25, -0.2) is 0 Å². The molecule has 138 valence electrons. The highest BCUT2D eigenvalue weighted by atomic mass is 32.1. The van der Waals surface area contributed by atoms with Crippen molar-refractivity contribution in [3.63, 3.8) is 0 Å². The molecule has 1 aliphatic carbocycles. The second kappa shape index (κ2) is 9.34. The fourth-order valence-electron chi connectivity index (χ4n) is 3.81. The predicted molar refractivity (Wildman–Crippen MR) is 101 cm³/mol. The molecule has 0 aromatic carbocycles. The Bertz CT molecular complexity index is 547. The highest BCUT2D eigenvalue weighted by Gasteiger charge is 2.22. The highest BCUT2D eigenvalue weighted by molar-refractivity contribution is 7.12. The first-order chi connectivity index (χ1) is 12.2. The minimum atomic E-state index is 0.149. The lowest BCUT2D eigenvalue weighted by Crippen LogP contribution is -2.50.